The summed E-state index contributed by atoms with van der Waals surface area (Å²) in [6, 6.07) is 3.06. The van der Waals surface area contributed by atoms with Crippen LogP contribution in [-0.2, 0) is 0 Å². The number of hydrogen-bond acceptors (Lipinski definition) is 2. The van der Waals surface area contributed by atoms with Crippen molar-refractivity contribution in [1.29, 1.82) is 5.26 Å². The normalized spacial score (nSPS) is 31.3. The van der Waals surface area contributed by atoms with Crippen molar-refractivity contribution in [2.75, 3.05) is 13.1 Å². The minimum absolute atomic E-state index is 0.281. The van der Waals surface area contributed by atoms with E-state index in [1.807, 2.05) is 0 Å². The molecule has 0 N–H and O–H groups in total. The van der Waals surface area contributed by atoms with Crippen LogP contribution in [0, 0.1) is 23.2 Å². The number of likely N-dealkylation sites (tertiary alicyclic amines) is 1. The third-order valence-corrected chi connectivity index (χ3v) is 3.18. The molecule has 1 unspecified atom stereocenters. The first kappa shape index (κ1) is 10.5. The van der Waals surface area contributed by atoms with Crippen LogP contribution in [0.25, 0.3) is 0 Å². The van der Waals surface area contributed by atoms with E-state index in [9.17, 15) is 0 Å². The Balaban J connectivity index is 2.52. The van der Waals surface area contributed by atoms with E-state index < -0.39 is 0 Å². The van der Waals surface area contributed by atoms with Gasteiger partial charge < -0.3 is 4.90 Å². The van der Waals surface area contributed by atoms with Crippen molar-refractivity contribution in [3.8, 4) is 6.07 Å². The molecule has 0 bridgehead atoms. The summed E-state index contributed by atoms with van der Waals surface area (Å²) in [7, 11) is 0. The average molecular weight is 180 g/mol. The highest BCUT2D eigenvalue weighted by Gasteiger charge is 2.23. The molecule has 2 atom stereocenters. The van der Waals surface area contributed by atoms with Crippen molar-refractivity contribution in [2.24, 2.45) is 11.8 Å². The van der Waals surface area contributed by atoms with Gasteiger partial charge in [0, 0.05) is 6.04 Å². The molecule has 2 nitrogen and oxygen atoms in total. The van der Waals surface area contributed by atoms with Crippen molar-refractivity contribution in [2.45, 2.75) is 39.7 Å². The molecule has 0 saturated carbocycles. The molecule has 1 heterocycles. The van der Waals surface area contributed by atoms with E-state index in [2.05, 4.69) is 31.7 Å². The molecule has 13 heavy (non-hydrogen) atoms. The summed E-state index contributed by atoms with van der Waals surface area (Å²) < 4.78 is 0. The highest BCUT2D eigenvalue weighted by molar-refractivity contribution is 4.89. The van der Waals surface area contributed by atoms with E-state index >= 15 is 0 Å². The first-order valence-electron chi connectivity index (χ1n) is 5.28. The third-order valence-electron chi connectivity index (χ3n) is 3.18. The lowest BCUT2D eigenvalue weighted by Gasteiger charge is -2.24. The molecule has 0 aromatic heterocycles. The highest BCUT2D eigenvalue weighted by Crippen LogP contribution is 2.23. The summed E-state index contributed by atoms with van der Waals surface area (Å²) in [6.45, 7) is 8.93. The molecule has 1 saturated heterocycles. The van der Waals surface area contributed by atoms with Crippen LogP contribution in [0.15, 0.2) is 0 Å². The van der Waals surface area contributed by atoms with E-state index in [0.29, 0.717) is 12.0 Å². The van der Waals surface area contributed by atoms with Gasteiger partial charge >= 0.3 is 0 Å². The van der Waals surface area contributed by atoms with Crippen molar-refractivity contribution in [1.82, 2.24) is 4.90 Å². The Morgan fingerprint density at radius 3 is 2.46 bits per heavy atom. The van der Waals surface area contributed by atoms with Crippen LogP contribution in [0.4, 0.5) is 0 Å². The third kappa shape index (κ3) is 2.70. The van der Waals surface area contributed by atoms with Crippen LogP contribution >= 0.6 is 0 Å². The van der Waals surface area contributed by atoms with Gasteiger partial charge in [-0.3, -0.25) is 0 Å². The molecule has 0 aliphatic carbocycles. The Morgan fingerprint density at radius 1 is 1.31 bits per heavy atom. The van der Waals surface area contributed by atoms with Crippen molar-refractivity contribution < 1.29 is 0 Å². The van der Waals surface area contributed by atoms with Crippen LogP contribution in [-0.4, -0.2) is 24.0 Å². The van der Waals surface area contributed by atoms with Crippen LogP contribution in [0.3, 0.4) is 0 Å². The monoisotopic (exact) mass is 180 g/mol. The van der Waals surface area contributed by atoms with Gasteiger partial charge in [-0.2, -0.15) is 5.26 Å². The van der Waals surface area contributed by atoms with E-state index in [-0.39, 0.29) is 5.92 Å². The van der Waals surface area contributed by atoms with Gasteiger partial charge in [-0.15, -0.1) is 0 Å². The summed E-state index contributed by atoms with van der Waals surface area (Å²) >= 11 is 0. The molecule has 2 heteroatoms. The Hall–Kier alpha value is -0.550. The van der Waals surface area contributed by atoms with Gasteiger partial charge in [0.05, 0.1) is 12.0 Å². The predicted octanol–water partition coefficient (Wildman–Crippen LogP) is 2.27. The molecule has 1 rings (SSSR count). The second-order valence-corrected chi connectivity index (χ2v) is 4.42. The number of rotatable bonds is 1. The zero-order valence-electron chi connectivity index (χ0n) is 8.95. The zero-order valence-corrected chi connectivity index (χ0v) is 8.95. The summed E-state index contributed by atoms with van der Waals surface area (Å²) in [5.74, 6) is 0.859. The summed E-state index contributed by atoms with van der Waals surface area (Å²) in [5, 5.41) is 8.94. The van der Waals surface area contributed by atoms with E-state index in [0.717, 1.165) is 19.5 Å². The van der Waals surface area contributed by atoms with E-state index in [1.165, 1.54) is 6.42 Å². The topological polar surface area (TPSA) is 27.0 Å². The standard InChI is InChI=1S/C11H20N2/c1-9(2)13-6-4-10(3)11(8-12)5-7-13/h9-11H,4-7H2,1-3H3/t10-,11?/m0/s1. The molecular formula is C11H20N2. The lowest BCUT2D eigenvalue weighted by molar-refractivity contribution is 0.228. The summed E-state index contributed by atoms with van der Waals surface area (Å²) in [4.78, 5) is 2.48. The zero-order chi connectivity index (χ0) is 9.84. The summed E-state index contributed by atoms with van der Waals surface area (Å²) in [5.41, 5.74) is 0. The van der Waals surface area contributed by atoms with Gasteiger partial charge in [0.15, 0.2) is 0 Å². The second-order valence-electron chi connectivity index (χ2n) is 4.42. The van der Waals surface area contributed by atoms with Crippen molar-refractivity contribution >= 4 is 0 Å². The van der Waals surface area contributed by atoms with Crippen LogP contribution < -0.4 is 0 Å². The fourth-order valence-corrected chi connectivity index (χ4v) is 1.98. The van der Waals surface area contributed by atoms with Gasteiger partial charge in [-0.1, -0.05) is 6.92 Å². The minimum atomic E-state index is 0.281. The lowest BCUT2D eigenvalue weighted by Crippen LogP contribution is -2.31. The van der Waals surface area contributed by atoms with Gasteiger partial charge in [-0.25, -0.2) is 0 Å². The maximum absolute atomic E-state index is 8.94. The molecule has 1 aliphatic rings. The van der Waals surface area contributed by atoms with Gasteiger partial charge in [0.25, 0.3) is 0 Å². The molecule has 74 valence electrons. The van der Waals surface area contributed by atoms with Crippen LogP contribution in [0.2, 0.25) is 0 Å². The summed E-state index contributed by atoms with van der Waals surface area (Å²) in [6.07, 6.45) is 2.23. The largest absolute Gasteiger partial charge is 0.301 e. The molecule has 0 amide bonds. The van der Waals surface area contributed by atoms with E-state index in [4.69, 9.17) is 5.26 Å². The smallest absolute Gasteiger partial charge is 0.0659 e. The van der Waals surface area contributed by atoms with Crippen LogP contribution in [0.5, 0.6) is 0 Å². The van der Waals surface area contributed by atoms with Gasteiger partial charge in [0.1, 0.15) is 0 Å². The first-order chi connectivity index (χ1) is 6.15. The van der Waals surface area contributed by atoms with Crippen molar-refractivity contribution in [3.63, 3.8) is 0 Å². The molecule has 0 aromatic carbocycles. The molecule has 1 fully saturated rings. The highest BCUT2D eigenvalue weighted by atomic mass is 15.1. The molecule has 0 aromatic rings. The maximum atomic E-state index is 8.94. The minimum Gasteiger partial charge on any atom is -0.301 e. The average Bonchev–Trinajstić information content (AvgIpc) is 2.27. The number of nitriles is 1. The fourth-order valence-electron chi connectivity index (χ4n) is 1.98. The Labute approximate surface area is 81.5 Å². The number of hydrogen-bond donors (Lipinski definition) is 0. The first-order valence-corrected chi connectivity index (χ1v) is 5.28. The van der Waals surface area contributed by atoms with Gasteiger partial charge in [0.2, 0.25) is 0 Å². The quantitative estimate of drug-likeness (QED) is 0.619. The fraction of sp³-hybridized carbons (Fsp3) is 0.909. The lowest BCUT2D eigenvalue weighted by atomic mass is 9.91. The SMILES string of the molecule is CC(C)N1CCC(C#N)[C@@H](C)CC1. The van der Waals surface area contributed by atoms with Crippen molar-refractivity contribution in [3.05, 3.63) is 0 Å². The molecule has 1 aliphatic heterocycles. The molecule has 0 spiro atoms. The Kier molecular flexibility index (Phi) is 3.74. The molecule has 0 radical (unpaired) electrons. The molecular weight excluding hydrogens is 160 g/mol. The predicted molar refractivity (Wildman–Crippen MR) is 54.2 cm³/mol. The Morgan fingerprint density at radius 2 is 1.92 bits per heavy atom. The van der Waals surface area contributed by atoms with Gasteiger partial charge in [-0.05, 0) is 45.7 Å². The maximum Gasteiger partial charge on any atom is 0.0659 e. The number of nitrogens with zero attached hydrogens (tertiary/aromatic N) is 2. The van der Waals surface area contributed by atoms with Crippen LogP contribution in [0.1, 0.15) is 33.6 Å². The second kappa shape index (κ2) is 4.62. The Bertz CT molecular complexity index is 193. The van der Waals surface area contributed by atoms with E-state index in [1.54, 1.807) is 0 Å².